The summed E-state index contributed by atoms with van der Waals surface area (Å²) in [4.78, 5) is 12.3. The summed E-state index contributed by atoms with van der Waals surface area (Å²) in [6.45, 7) is 3.66. The zero-order valence-electron chi connectivity index (χ0n) is 14.1. The Morgan fingerprint density at radius 1 is 1.12 bits per heavy atom. The Labute approximate surface area is 147 Å². The van der Waals surface area contributed by atoms with Crippen LogP contribution in [0.1, 0.15) is 18.1 Å². The summed E-state index contributed by atoms with van der Waals surface area (Å²) >= 11 is 0. The van der Waals surface area contributed by atoms with E-state index in [0.717, 1.165) is 5.56 Å². The Hall–Kier alpha value is -2.38. The number of phenolic OH excluding ortho intramolecular Hbond substituents is 1. The maximum atomic E-state index is 12.5. The van der Waals surface area contributed by atoms with Gasteiger partial charge in [-0.1, -0.05) is 29.8 Å². The van der Waals surface area contributed by atoms with Gasteiger partial charge in [0.1, 0.15) is 11.8 Å². The lowest BCUT2D eigenvalue weighted by molar-refractivity contribution is -0.145. The van der Waals surface area contributed by atoms with Gasteiger partial charge in [0.2, 0.25) is 10.0 Å². The molecule has 7 heteroatoms. The quantitative estimate of drug-likeness (QED) is 0.736. The number of ether oxygens (including phenoxy) is 1. The molecule has 0 aliphatic carbocycles. The van der Waals surface area contributed by atoms with Crippen molar-refractivity contribution in [2.75, 3.05) is 6.61 Å². The standard InChI is InChI=1S/C18H21NO5S/c1-3-24-18(21)17(12-14-6-8-15(20)9-7-14)19-25(22,23)16-10-4-13(2)5-11-16/h4-11,17,19-20H,3,12H2,1-2H3/t17-/m0/s1. The number of rotatable bonds is 7. The second-order valence-corrected chi connectivity index (χ2v) is 7.32. The lowest BCUT2D eigenvalue weighted by atomic mass is 10.1. The van der Waals surface area contributed by atoms with Gasteiger partial charge in [0.05, 0.1) is 11.5 Å². The Kier molecular flexibility index (Phi) is 6.17. The van der Waals surface area contributed by atoms with E-state index < -0.39 is 22.0 Å². The molecule has 0 saturated carbocycles. The first kappa shape index (κ1) is 19.0. The van der Waals surface area contributed by atoms with Gasteiger partial charge in [-0.25, -0.2) is 8.42 Å². The number of carbonyl (C=O) groups is 1. The minimum atomic E-state index is -3.87. The number of hydrogen-bond acceptors (Lipinski definition) is 5. The van der Waals surface area contributed by atoms with Crippen LogP contribution < -0.4 is 4.72 Å². The van der Waals surface area contributed by atoms with Gasteiger partial charge < -0.3 is 9.84 Å². The van der Waals surface area contributed by atoms with E-state index in [4.69, 9.17) is 4.74 Å². The third kappa shape index (κ3) is 5.30. The predicted molar refractivity (Wildman–Crippen MR) is 93.7 cm³/mol. The molecule has 2 aromatic carbocycles. The van der Waals surface area contributed by atoms with E-state index in [0.29, 0.717) is 5.56 Å². The van der Waals surface area contributed by atoms with Crippen LogP contribution in [0.5, 0.6) is 5.75 Å². The lowest BCUT2D eigenvalue weighted by Crippen LogP contribution is -2.43. The van der Waals surface area contributed by atoms with Crippen molar-refractivity contribution in [3.63, 3.8) is 0 Å². The number of esters is 1. The number of carbonyl (C=O) groups excluding carboxylic acids is 1. The first-order chi connectivity index (χ1) is 11.8. The van der Waals surface area contributed by atoms with Crippen molar-refractivity contribution in [1.29, 1.82) is 0 Å². The molecule has 0 bridgehead atoms. The maximum Gasteiger partial charge on any atom is 0.324 e. The molecule has 25 heavy (non-hydrogen) atoms. The SMILES string of the molecule is CCOC(=O)[C@H](Cc1ccc(O)cc1)NS(=O)(=O)c1ccc(C)cc1. The third-order valence-electron chi connectivity index (χ3n) is 3.58. The molecule has 0 saturated heterocycles. The summed E-state index contributed by atoms with van der Waals surface area (Å²) in [7, 11) is -3.87. The molecule has 0 radical (unpaired) electrons. The predicted octanol–water partition coefficient (Wildman–Crippen LogP) is 2.15. The van der Waals surface area contributed by atoms with E-state index in [-0.39, 0.29) is 23.7 Å². The van der Waals surface area contributed by atoms with Crippen molar-refractivity contribution in [3.8, 4) is 5.75 Å². The zero-order chi connectivity index (χ0) is 18.4. The third-order valence-corrected chi connectivity index (χ3v) is 5.06. The largest absolute Gasteiger partial charge is 0.508 e. The van der Waals surface area contributed by atoms with Crippen LogP contribution >= 0.6 is 0 Å². The van der Waals surface area contributed by atoms with E-state index in [2.05, 4.69) is 4.72 Å². The summed E-state index contributed by atoms with van der Waals surface area (Å²) in [6.07, 6.45) is 0.115. The van der Waals surface area contributed by atoms with Crippen LogP contribution in [-0.2, 0) is 26.0 Å². The fourth-order valence-electron chi connectivity index (χ4n) is 2.26. The van der Waals surface area contributed by atoms with Gasteiger partial charge >= 0.3 is 5.97 Å². The lowest BCUT2D eigenvalue weighted by Gasteiger charge is -2.17. The molecular formula is C18H21NO5S. The maximum absolute atomic E-state index is 12.5. The molecule has 6 nitrogen and oxygen atoms in total. The van der Waals surface area contributed by atoms with Gasteiger partial charge in [-0.2, -0.15) is 4.72 Å². The number of aryl methyl sites for hydroxylation is 1. The van der Waals surface area contributed by atoms with Crippen LogP contribution in [0.4, 0.5) is 0 Å². The minimum absolute atomic E-state index is 0.0816. The van der Waals surface area contributed by atoms with Crippen molar-refractivity contribution in [2.45, 2.75) is 31.2 Å². The first-order valence-corrected chi connectivity index (χ1v) is 9.33. The number of sulfonamides is 1. The van der Waals surface area contributed by atoms with Gasteiger partial charge in [-0.05, 0) is 50.1 Å². The second-order valence-electron chi connectivity index (χ2n) is 5.61. The highest BCUT2D eigenvalue weighted by Crippen LogP contribution is 2.15. The Morgan fingerprint density at radius 3 is 2.28 bits per heavy atom. The molecule has 2 rings (SSSR count). The number of phenols is 1. The van der Waals surface area contributed by atoms with Gasteiger partial charge in [0, 0.05) is 0 Å². The smallest absolute Gasteiger partial charge is 0.324 e. The van der Waals surface area contributed by atoms with Crippen molar-refractivity contribution < 1.29 is 23.1 Å². The van der Waals surface area contributed by atoms with Crippen LogP contribution in [0.25, 0.3) is 0 Å². The van der Waals surface area contributed by atoms with Crippen LogP contribution in [0, 0.1) is 6.92 Å². The number of nitrogens with one attached hydrogen (secondary N) is 1. The van der Waals surface area contributed by atoms with E-state index in [1.165, 1.54) is 24.3 Å². The fraction of sp³-hybridized carbons (Fsp3) is 0.278. The first-order valence-electron chi connectivity index (χ1n) is 7.85. The van der Waals surface area contributed by atoms with Crippen LogP contribution in [0.2, 0.25) is 0 Å². The van der Waals surface area contributed by atoms with Crippen molar-refractivity contribution in [3.05, 3.63) is 59.7 Å². The molecule has 2 N–H and O–H groups in total. The molecule has 0 spiro atoms. The Balaban J connectivity index is 2.24. The molecule has 0 amide bonds. The minimum Gasteiger partial charge on any atom is -0.508 e. The number of aromatic hydroxyl groups is 1. The van der Waals surface area contributed by atoms with Gasteiger partial charge in [-0.15, -0.1) is 0 Å². The highest BCUT2D eigenvalue weighted by molar-refractivity contribution is 7.89. The van der Waals surface area contributed by atoms with E-state index in [1.807, 2.05) is 6.92 Å². The topological polar surface area (TPSA) is 92.7 Å². The molecule has 0 aliphatic heterocycles. The van der Waals surface area contributed by atoms with E-state index in [1.54, 1.807) is 31.2 Å². The Morgan fingerprint density at radius 2 is 1.72 bits per heavy atom. The van der Waals surface area contributed by atoms with Crippen LogP contribution in [-0.4, -0.2) is 32.1 Å². The van der Waals surface area contributed by atoms with E-state index >= 15 is 0 Å². The molecule has 0 heterocycles. The summed E-state index contributed by atoms with van der Waals surface area (Å²) in [6, 6.07) is 11.5. The second kappa shape index (κ2) is 8.13. The molecule has 0 fully saturated rings. The van der Waals surface area contributed by atoms with Crippen molar-refractivity contribution >= 4 is 16.0 Å². The van der Waals surface area contributed by atoms with Gasteiger partial charge in [-0.3, -0.25) is 4.79 Å². The average molecular weight is 363 g/mol. The normalized spacial score (nSPS) is 12.6. The summed E-state index contributed by atoms with van der Waals surface area (Å²) < 4.78 is 32.5. The molecule has 0 unspecified atom stereocenters. The summed E-state index contributed by atoms with van der Waals surface area (Å²) in [5, 5.41) is 9.34. The molecule has 0 aromatic heterocycles. The van der Waals surface area contributed by atoms with E-state index in [9.17, 15) is 18.3 Å². The van der Waals surface area contributed by atoms with Crippen molar-refractivity contribution in [2.24, 2.45) is 0 Å². The van der Waals surface area contributed by atoms with Crippen LogP contribution in [0.15, 0.2) is 53.4 Å². The molecule has 1 atom stereocenters. The summed E-state index contributed by atoms with van der Waals surface area (Å²) in [5.74, 6) is -0.553. The zero-order valence-corrected chi connectivity index (χ0v) is 14.9. The highest BCUT2D eigenvalue weighted by Gasteiger charge is 2.27. The fourth-order valence-corrected chi connectivity index (χ4v) is 3.44. The summed E-state index contributed by atoms with van der Waals surface area (Å²) in [5.41, 5.74) is 1.63. The molecule has 134 valence electrons. The van der Waals surface area contributed by atoms with Crippen molar-refractivity contribution in [1.82, 2.24) is 4.72 Å². The number of benzene rings is 2. The number of hydrogen-bond donors (Lipinski definition) is 2. The molecular weight excluding hydrogens is 342 g/mol. The average Bonchev–Trinajstić information content (AvgIpc) is 2.56. The Bertz CT molecular complexity index is 814. The van der Waals surface area contributed by atoms with Gasteiger partial charge in [0.25, 0.3) is 0 Å². The molecule has 0 aliphatic rings. The highest BCUT2D eigenvalue weighted by atomic mass is 32.2. The van der Waals surface area contributed by atoms with Crippen LogP contribution in [0.3, 0.4) is 0 Å². The monoisotopic (exact) mass is 363 g/mol. The van der Waals surface area contributed by atoms with Gasteiger partial charge in [0.15, 0.2) is 0 Å². The molecule has 2 aromatic rings.